The molecule has 0 spiro atoms. The van der Waals surface area contributed by atoms with Crippen molar-refractivity contribution in [1.29, 1.82) is 0 Å². The molecule has 0 saturated carbocycles. The number of nitrogens with one attached hydrogen (secondary N) is 1. The normalized spacial score (nSPS) is 18.8. The summed E-state index contributed by atoms with van der Waals surface area (Å²) in [7, 11) is -3.68. The molecule has 156 valence electrons. The molecule has 0 atom stereocenters. The van der Waals surface area contributed by atoms with Gasteiger partial charge in [0.15, 0.2) is 5.78 Å². The van der Waals surface area contributed by atoms with Crippen molar-refractivity contribution in [2.75, 3.05) is 19.7 Å². The van der Waals surface area contributed by atoms with Gasteiger partial charge >= 0.3 is 5.97 Å². The van der Waals surface area contributed by atoms with Crippen LogP contribution >= 0.6 is 0 Å². The van der Waals surface area contributed by atoms with E-state index in [2.05, 4.69) is 4.98 Å². The third kappa shape index (κ3) is 3.48. The standard InChI is InChI=1S/C21H26N2O5S/c1-3-28-21(25)14-7-9-23(10-8-14)29(26,27)19-12-17-15(11-13(19)2)20-16(22-17)5-4-6-18(20)24/h11-12,14,22H,3-10H2,1-2H3. The summed E-state index contributed by atoms with van der Waals surface area (Å²) in [6.45, 7) is 4.46. The van der Waals surface area contributed by atoms with Crippen molar-refractivity contribution < 1.29 is 22.7 Å². The van der Waals surface area contributed by atoms with Crippen LogP contribution in [0.25, 0.3) is 10.9 Å². The molecule has 1 saturated heterocycles. The molecular formula is C21H26N2O5S. The van der Waals surface area contributed by atoms with Crippen LogP contribution < -0.4 is 0 Å². The molecule has 0 unspecified atom stereocenters. The Morgan fingerprint density at radius 1 is 1.24 bits per heavy atom. The fraction of sp³-hybridized carbons (Fsp3) is 0.524. The van der Waals surface area contributed by atoms with E-state index >= 15 is 0 Å². The molecule has 1 aromatic heterocycles. The van der Waals surface area contributed by atoms with Gasteiger partial charge < -0.3 is 9.72 Å². The zero-order valence-electron chi connectivity index (χ0n) is 16.8. The Kier molecular flexibility index (Phi) is 5.25. The number of ketones is 1. The number of carbonyl (C=O) groups is 2. The summed E-state index contributed by atoms with van der Waals surface area (Å²) in [5, 5.41) is 0.808. The van der Waals surface area contributed by atoms with E-state index in [4.69, 9.17) is 4.74 Å². The Hall–Kier alpha value is -2.19. The lowest BCUT2D eigenvalue weighted by atomic mass is 9.94. The number of piperidine rings is 1. The number of aryl methyl sites for hydroxylation is 2. The smallest absolute Gasteiger partial charge is 0.309 e. The van der Waals surface area contributed by atoms with E-state index in [1.165, 1.54) is 4.31 Å². The number of nitrogens with zero attached hydrogens (tertiary/aromatic N) is 1. The summed E-state index contributed by atoms with van der Waals surface area (Å²) in [4.78, 5) is 27.8. The molecular weight excluding hydrogens is 392 g/mol. The SMILES string of the molecule is CCOC(=O)C1CCN(S(=O)(=O)c2cc3[nH]c4c(c3cc2C)C(=O)CCC4)CC1. The predicted octanol–water partition coefficient (Wildman–Crippen LogP) is 2.96. The van der Waals surface area contributed by atoms with Crippen LogP contribution in [0, 0.1) is 12.8 Å². The van der Waals surface area contributed by atoms with Crippen LogP contribution in [0.15, 0.2) is 17.0 Å². The zero-order valence-corrected chi connectivity index (χ0v) is 17.6. The number of ether oxygens (including phenoxy) is 1. The van der Waals surface area contributed by atoms with Crippen molar-refractivity contribution in [3.8, 4) is 0 Å². The number of H-pyrrole nitrogens is 1. The first-order valence-corrected chi connectivity index (χ1v) is 11.6. The van der Waals surface area contributed by atoms with Gasteiger partial charge in [-0.15, -0.1) is 0 Å². The minimum absolute atomic E-state index is 0.119. The van der Waals surface area contributed by atoms with E-state index in [0.29, 0.717) is 55.6 Å². The van der Waals surface area contributed by atoms with Crippen molar-refractivity contribution in [3.05, 3.63) is 29.0 Å². The first-order valence-electron chi connectivity index (χ1n) is 10.2. The number of sulfonamides is 1. The molecule has 1 fully saturated rings. The van der Waals surface area contributed by atoms with Crippen molar-refractivity contribution in [2.24, 2.45) is 5.92 Å². The van der Waals surface area contributed by atoms with E-state index in [1.54, 1.807) is 19.9 Å². The van der Waals surface area contributed by atoms with E-state index in [0.717, 1.165) is 23.9 Å². The first-order chi connectivity index (χ1) is 13.8. The summed E-state index contributed by atoms with van der Waals surface area (Å²) in [6, 6.07) is 3.47. The highest BCUT2D eigenvalue weighted by molar-refractivity contribution is 7.89. The predicted molar refractivity (Wildman–Crippen MR) is 108 cm³/mol. The lowest BCUT2D eigenvalue weighted by molar-refractivity contribution is -0.149. The minimum atomic E-state index is -3.68. The monoisotopic (exact) mass is 418 g/mol. The Balaban J connectivity index is 1.63. The number of hydrogen-bond donors (Lipinski definition) is 1. The zero-order chi connectivity index (χ0) is 20.8. The fourth-order valence-electron chi connectivity index (χ4n) is 4.45. The van der Waals surface area contributed by atoms with Crippen LogP contribution in [-0.4, -0.2) is 49.2 Å². The Bertz CT molecular complexity index is 1080. The van der Waals surface area contributed by atoms with E-state index in [-0.39, 0.29) is 22.6 Å². The molecule has 1 N–H and O–H groups in total. The quantitative estimate of drug-likeness (QED) is 0.770. The maximum Gasteiger partial charge on any atom is 0.309 e. The highest BCUT2D eigenvalue weighted by atomic mass is 32.2. The maximum absolute atomic E-state index is 13.3. The second kappa shape index (κ2) is 7.57. The lowest BCUT2D eigenvalue weighted by Gasteiger charge is -2.30. The number of hydrogen-bond acceptors (Lipinski definition) is 5. The largest absolute Gasteiger partial charge is 0.466 e. The van der Waals surface area contributed by atoms with E-state index < -0.39 is 10.0 Å². The number of fused-ring (bicyclic) bond motifs is 3. The van der Waals surface area contributed by atoms with Gasteiger partial charge in [-0.2, -0.15) is 4.31 Å². The van der Waals surface area contributed by atoms with Gasteiger partial charge in [0.05, 0.1) is 17.4 Å². The lowest BCUT2D eigenvalue weighted by Crippen LogP contribution is -2.40. The molecule has 2 aromatic rings. The molecule has 0 amide bonds. The molecule has 8 heteroatoms. The number of benzene rings is 1. The number of carbonyl (C=O) groups excluding carboxylic acids is 2. The van der Waals surface area contributed by atoms with E-state index in [9.17, 15) is 18.0 Å². The van der Waals surface area contributed by atoms with Crippen LogP contribution in [0.2, 0.25) is 0 Å². The van der Waals surface area contributed by atoms with Gasteiger partial charge in [0.25, 0.3) is 0 Å². The van der Waals surface area contributed by atoms with Crippen LogP contribution in [0.3, 0.4) is 0 Å². The molecule has 1 aromatic carbocycles. The summed E-state index contributed by atoms with van der Waals surface area (Å²) in [5.41, 5.74) is 2.94. The van der Waals surface area contributed by atoms with Crippen LogP contribution in [0.1, 0.15) is 54.2 Å². The van der Waals surface area contributed by atoms with Gasteiger partial charge in [0, 0.05) is 41.7 Å². The maximum atomic E-state index is 13.3. The third-order valence-electron chi connectivity index (χ3n) is 5.97. The fourth-order valence-corrected chi connectivity index (χ4v) is 6.15. The van der Waals surface area contributed by atoms with E-state index in [1.807, 2.05) is 6.07 Å². The summed E-state index contributed by atoms with van der Waals surface area (Å²) in [5.74, 6) is -0.372. The second-order valence-corrected chi connectivity index (χ2v) is 9.76. The van der Waals surface area contributed by atoms with Crippen LogP contribution in [-0.2, 0) is 26.0 Å². The molecule has 2 aliphatic rings. The molecule has 1 aliphatic carbocycles. The average molecular weight is 419 g/mol. The number of rotatable bonds is 4. The number of Topliss-reactive ketones (excluding diaryl/α,β-unsaturated/α-hetero) is 1. The molecule has 29 heavy (non-hydrogen) atoms. The average Bonchev–Trinajstić information content (AvgIpc) is 3.06. The number of aromatic amines is 1. The molecule has 1 aliphatic heterocycles. The van der Waals surface area contributed by atoms with Crippen molar-refractivity contribution in [2.45, 2.75) is 50.8 Å². The van der Waals surface area contributed by atoms with Crippen LogP contribution in [0.5, 0.6) is 0 Å². The summed E-state index contributed by atoms with van der Waals surface area (Å²) < 4.78 is 33.1. The molecule has 7 nitrogen and oxygen atoms in total. The van der Waals surface area contributed by atoms with Gasteiger partial charge in [0.1, 0.15) is 0 Å². The van der Waals surface area contributed by atoms with Gasteiger partial charge in [-0.05, 0) is 57.2 Å². The Morgan fingerprint density at radius 3 is 2.66 bits per heavy atom. The summed E-state index contributed by atoms with van der Waals surface area (Å²) >= 11 is 0. The molecule has 0 bridgehead atoms. The van der Waals surface area contributed by atoms with Gasteiger partial charge in [-0.3, -0.25) is 9.59 Å². The Labute approximate surface area is 170 Å². The highest BCUT2D eigenvalue weighted by Crippen LogP contribution is 2.34. The Morgan fingerprint density at radius 2 is 1.97 bits per heavy atom. The van der Waals surface area contributed by atoms with Crippen molar-refractivity contribution in [3.63, 3.8) is 0 Å². The van der Waals surface area contributed by atoms with Gasteiger partial charge in [-0.25, -0.2) is 8.42 Å². The number of esters is 1. The molecule has 0 radical (unpaired) electrons. The highest BCUT2D eigenvalue weighted by Gasteiger charge is 2.34. The molecule has 4 rings (SSSR count). The first kappa shape index (κ1) is 20.1. The third-order valence-corrected chi connectivity index (χ3v) is 8.01. The van der Waals surface area contributed by atoms with Gasteiger partial charge in [-0.1, -0.05) is 0 Å². The minimum Gasteiger partial charge on any atom is -0.466 e. The van der Waals surface area contributed by atoms with Crippen molar-refractivity contribution in [1.82, 2.24) is 9.29 Å². The van der Waals surface area contributed by atoms with Crippen LogP contribution in [0.4, 0.5) is 0 Å². The van der Waals surface area contributed by atoms with Gasteiger partial charge in [0.2, 0.25) is 10.0 Å². The molecule has 2 heterocycles. The topological polar surface area (TPSA) is 96.5 Å². The number of aromatic nitrogens is 1. The second-order valence-electron chi connectivity index (χ2n) is 7.85. The summed E-state index contributed by atoms with van der Waals surface area (Å²) in [6.07, 6.45) is 3.08. The van der Waals surface area contributed by atoms with Crippen molar-refractivity contribution >= 4 is 32.7 Å².